The Morgan fingerprint density at radius 1 is 1.04 bits per heavy atom. The van der Waals surface area contributed by atoms with Gasteiger partial charge in [-0.25, -0.2) is 8.42 Å². The molecule has 1 N–H and O–H groups in total. The zero-order chi connectivity index (χ0) is 20.4. The van der Waals surface area contributed by atoms with Crippen molar-refractivity contribution in [3.05, 3.63) is 65.7 Å². The average Bonchev–Trinajstić information content (AvgIpc) is 2.66. The van der Waals surface area contributed by atoms with Gasteiger partial charge in [-0.05, 0) is 29.7 Å². The van der Waals surface area contributed by atoms with Gasteiger partial charge in [-0.1, -0.05) is 55.8 Å². The predicted molar refractivity (Wildman–Crippen MR) is 111 cm³/mol. The molecule has 0 saturated heterocycles. The standard InChI is InChI=1S/C21H28N2O4S/c1-3-7-18-10-12-20(13-11-18)27-15-14-22-21(24)17-23(28(2,25)26)16-19-8-5-4-6-9-19/h4-6,8-13H,3,7,14-17H2,1-2H3,(H,22,24). The lowest BCUT2D eigenvalue weighted by atomic mass is 10.1. The van der Waals surface area contributed by atoms with Gasteiger partial charge in [-0.3, -0.25) is 4.79 Å². The van der Waals surface area contributed by atoms with Crippen LogP contribution in [-0.4, -0.2) is 44.6 Å². The number of amides is 1. The lowest BCUT2D eigenvalue weighted by molar-refractivity contribution is -0.121. The van der Waals surface area contributed by atoms with Crippen LogP contribution in [0.1, 0.15) is 24.5 Å². The normalized spacial score (nSPS) is 11.4. The molecule has 0 heterocycles. The highest BCUT2D eigenvalue weighted by Crippen LogP contribution is 2.13. The van der Waals surface area contributed by atoms with E-state index in [9.17, 15) is 13.2 Å². The summed E-state index contributed by atoms with van der Waals surface area (Å²) in [6, 6.07) is 17.1. The summed E-state index contributed by atoms with van der Waals surface area (Å²) in [6.45, 7) is 2.69. The lowest BCUT2D eigenvalue weighted by Crippen LogP contribution is -2.40. The Morgan fingerprint density at radius 2 is 1.71 bits per heavy atom. The van der Waals surface area contributed by atoms with Crippen LogP contribution in [-0.2, 0) is 27.8 Å². The summed E-state index contributed by atoms with van der Waals surface area (Å²) in [7, 11) is -3.50. The number of carbonyl (C=O) groups excluding carboxylic acids is 1. The first-order valence-electron chi connectivity index (χ1n) is 9.36. The zero-order valence-corrected chi connectivity index (χ0v) is 17.2. The molecule has 0 saturated carbocycles. The van der Waals surface area contributed by atoms with E-state index in [1.807, 2.05) is 54.6 Å². The Morgan fingerprint density at radius 3 is 2.32 bits per heavy atom. The number of benzene rings is 2. The number of carbonyl (C=O) groups is 1. The van der Waals surface area contributed by atoms with Gasteiger partial charge in [0.15, 0.2) is 0 Å². The number of hydrogen-bond donors (Lipinski definition) is 1. The Hall–Kier alpha value is -2.38. The molecule has 0 spiro atoms. The molecule has 28 heavy (non-hydrogen) atoms. The first-order chi connectivity index (χ1) is 13.4. The highest BCUT2D eigenvalue weighted by Gasteiger charge is 2.20. The van der Waals surface area contributed by atoms with E-state index in [0.717, 1.165) is 34.7 Å². The van der Waals surface area contributed by atoms with Gasteiger partial charge in [0.05, 0.1) is 19.3 Å². The molecule has 0 bridgehead atoms. The Labute approximate surface area is 167 Å². The molecule has 0 aliphatic rings. The molecule has 0 fully saturated rings. The fourth-order valence-corrected chi connectivity index (χ4v) is 3.43. The maximum absolute atomic E-state index is 12.1. The first-order valence-corrected chi connectivity index (χ1v) is 11.2. The van der Waals surface area contributed by atoms with Crippen molar-refractivity contribution in [1.29, 1.82) is 0 Å². The third-order valence-electron chi connectivity index (χ3n) is 4.15. The van der Waals surface area contributed by atoms with Crippen LogP contribution < -0.4 is 10.1 Å². The summed E-state index contributed by atoms with van der Waals surface area (Å²) < 4.78 is 30.7. The second-order valence-electron chi connectivity index (χ2n) is 6.61. The second-order valence-corrected chi connectivity index (χ2v) is 8.59. The quantitative estimate of drug-likeness (QED) is 0.584. The summed E-state index contributed by atoms with van der Waals surface area (Å²) in [5, 5.41) is 2.70. The van der Waals surface area contributed by atoms with Crippen molar-refractivity contribution in [3.63, 3.8) is 0 Å². The van der Waals surface area contributed by atoms with Crippen LogP contribution in [0.5, 0.6) is 5.75 Å². The van der Waals surface area contributed by atoms with E-state index in [0.29, 0.717) is 13.2 Å². The Balaban J connectivity index is 1.77. The number of rotatable bonds is 11. The summed E-state index contributed by atoms with van der Waals surface area (Å²) in [5.41, 5.74) is 2.10. The van der Waals surface area contributed by atoms with Gasteiger partial charge in [0.25, 0.3) is 0 Å². The van der Waals surface area contributed by atoms with Crippen molar-refractivity contribution >= 4 is 15.9 Å². The minimum Gasteiger partial charge on any atom is -0.492 e. The largest absolute Gasteiger partial charge is 0.492 e. The van der Waals surface area contributed by atoms with E-state index >= 15 is 0 Å². The third-order valence-corrected chi connectivity index (χ3v) is 5.34. The maximum Gasteiger partial charge on any atom is 0.235 e. The van der Waals surface area contributed by atoms with Crippen LogP contribution in [0.4, 0.5) is 0 Å². The molecule has 7 heteroatoms. The van der Waals surface area contributed by atoms with Crippen molar-refractivity contribution in [1.82, 2.24) is 9.62 Å². The second kappa shape index (κ2) is 10.8. The van der Waals surface area contributed by atoms with Crippen LogP contribution >= 0.6 is 0 Å². The van der Waals surface area contributed by atoms with Crippen molar-refractivity contribution in [2.75, 3.05) is 26.0 Å². The van der Waals surface area contributed by atoms with Crippen LogP contribution in [0.25, 0.3) is 0 Å². The van der Waals surface area contributed by atoms with Gasteiger partial charge < -0.3 is 10.1 Å². The first kappa shape index (κ1) is 21.9. The third kappa shape index (κ3) is 7.70. The molecule has 0 unspecified atom stereocenters. The van der Waals surface area contributed by atoms with Gasteiger partial charge in [0, 0.05) is 6.54 Å². The molecule has 0 aliphatic heterocycles. The average molecular weight is 405 g/mol. The molecule has 0 atom stereocenters. The van der Waals surface area contributed by atoms with Crippen LogP contribution in [0.2, 0.25) is 0 Å². The molecular formula is C21H28N2O4S. The fraction of sp³-hybridized carbons (Fsp3) is 0.381. The summed E-state index contributed by atoms with van der Waals surface area (Å²) >= 11 is 0. The lowest BCUT2D eigenvalue weighted by Gasteiger charge is -2.19. The van der Waals surface area contributed by atoms with Crippen molar-refractivity contribution in [2.24, 2.45) is 0 Å². The van der Waals surface area contributed by atoms with E-state index in [1.54, 1.807) is 0 Å². The van der Waals surface area contributed by atoms with Crippen molar-refractivity contribution in [2.45, 2.75) is 26.3 Å². The molecule has 2 aromatic carbocycles. The monoisotopic (exact) mass is 404 g/mol. The number of nitrogens with zero attached hydrogens (tertiary/aromatic N) is 1. The predicted octanol–water partition coefficient (Wildman–Crippen LogP) is 2.60. The number of aryl methyl sites for hydroxylation is 1. The summed E-state index contributed by atoms with van der Waals surface area (Å²) in [6.07, 6.45) is 3.24. The molecular weight excluding hydrogens is 376 g/mol. The highest BCUT2D eigenvalue weighted by atomic mass is 32.2. The van der Waals surface area contributed by atoms with Crippen molar-refractivity contribution in [3.8, 4) is 5.75 Å². The molecule has 6 nitrogen and oxygen atoms in total. The zero-order valence-electron chi connectivity index (χ0n) is 16.4. The van der Waals surface area contributed by atoms with Crippen LogP contribution in [0.15, 0.2) is 54.6 Å². The summed E-state index contributed by atoms with van der Waals surface area (Å²) in [4.78, 5) is 12.1. The van der Waals surface area contributed by atoms with Crippen molar-refractivity contribution < 1.29 is 17.9 Å². The smallest absolute Gasteiger partial charge is 0.235 e. The Bertz CT molecular complexity index is 836. The van der Waals surface area contributed by atoms with Gasteiger partial charge in [-0.2, -0.15) is 4.31 Å². The van der Waals surface area contributed by atoms with E-state index < -0.39 is 10.0 Å². The Kier molecular flexibility index (Phi) is 8.47. The topological polar surface area (TPSA) is 75.7 Å². The van der Waals surface area contributed by atoms with E-state index in [2.05, 4.69) is 12.2 Å². The van der Waals surface area contributed by atoms with Gasteiger partial charge in [-0.15, -0.1) is 0 Å². The molecule has 0 radical (unpaired) electrons. The summed E-state index contributed by atoms with van der Waals surface area (Å²) in [5.74, 6) is 0.388. The molecule has 0 aliphatic carbocycles. The molecule has 0 aromatic heterocycles. The van der Waals surface area contributed by atoms with Gasteiger partial charge in [0.1, 0.15) is 12.4 Å². The molecule has 152 valence electrons. The number of nitrogens with one attached hydrogen (secondary N) is 1. The van der Waals surface area contributed by atoms with Crippen LogP contribution in [0.3, 0.4) is 0 Å². The van der Waals surface area contributed by atoms with E-state index in [-0.39, 0.29) is 19.0 Å². The molecule has 2 aromatic rings. The number of sulfonamides is 1. The minimum absolute atomic E-state index is 0.160. The van der Waals surface area contributed by atoms with Crippen LogP contribution in [0, 0.1) is 0 Å². The van der Waals surface area contributed by atoms with E-state index in [4.69, 9.17) is 4.74 Å². The van der Waals surface area contributed by atoms with E-state index in [1.165, 1.54) is 5.56 Å². The number of ether oxygens (including phenoxy) is 1. The minimum atomic E-state index is -3.50. The maximum atomic E-state index is 12.1. The van der Waals surface area contributed by atoms with Gasteiger partial charge in [0.2, 0.25) is 15.9 Å². The SMILES string of the molecule is CCCc1ccc(OCCNC(=O)CN(Cc2ccccc2)S(C)(=O)=O)cc1. The molecule has 1 amide bonds. The highest BCUT2D eigenvalue weighted by molar-refractivity contribution is 7.88. The van der Waals surface area contributed by atoms with Gasteiger partial charge >= 0.3 is 0 Å². The number of hydrogen-bond acceptors (Lipinski definition) is 4. The fourth-order valence-electron chi connectivity index (χ4n) is 2.69. The molecule has 2 rings (SSSR count).